The summed E-state index contributed by atoms with van der Waals surface area (Å²) < 4.78 is 28.6. The molecule has 0 unspecified atom stereocenters. The summed E-state index contributed by atoms with van der Waals surface area (Å²) in [6.45, 7) is -0.580. The third-order valence-electron chi connectivity index (χ3n) is 6.52. The molecule has 0 spiro atoms. The standard InChI is InChI=1S/C23H21F2N5O3/c24-15-2-1-3-16(25)20(15)17-6-14-12-4-5-23(7-12,21(14)30-29-17)19-10-26-9-18(28-19)22(33)27-8-13(32)11-31/h1-3,6,9-10,12-13,31-32H,4-5,7-8,11H2,(H,27,33)/t12-,13+,23+/m1/s1. The molecule has 8 nitrogen and oxygen atoms in total. The molecule has 2 bridgehead atoms. The van der Waals surface area contributed by atoms with Crippen LogP contribution in [0.5, 0.6) is 0 Å². The van der Waals surface area contributed by atoms with Gasteiger partial charge in [0.15, 0.2) is 0 Å². The van der Waals surface area contributed by atoms with E-state index < -0.39 is 35.7 Å². The minimum absolute atomic E-state index is 0.0851. The Morgan fingerprint density at radius 1 is 1.24 bits per heavy atom. The van der Waals surface area contributed by atoms with Crippen molar-refractivity contribution in [3.8, 4) is 11.3 Å². The first kappa shape index (κ1) is 21.5. The topological polar surface area (TPSA) is 121 Å². The zero-order valence-electron chi connectivity index (χ0n) is 17.5. The van der Waals surface area contributed by atoms with Crippen LogP contribution in [0.4, 0.5) is 8.78 Å². The molecule has 3 N–H and O–H groups in total. The number of hydrogen-bond acceptors (Lipinski definition) is 7. The molecule has 0 saturated heterocycles. The Kier molecular flexibility index (Phi) is 5.34. The van der Waals surface area contributed by atoms with Gasteiger partial charge in [0.2, 0.25) is 0 Å². The zero-order chi connectivity index (χ0) is 23.2. The quantitative estimate of drug-likeness (QED) is 0.521. The van der Waals surface area contributed by atoms with Crippen molar-refractivity contribution in [3.05, 3.63) is 70.9 Å². The van der Waals surface area contributed by atoms with E-state index in [0.29, 0.717) is 17.8 Å². The summed E-state index contributed by atoms with van der Waals surface area (Å²) in [4.78, 5) is 21.2. The molecule has 2 aliphatic carbocycles. The molecular formula is C23H21F2N5O3. The van der Waals surface area contributed by atoms with Crippen molar-refractivity contribution >= 4 is 5.91 Å². The molecule has 3 aromatic rings. The summed E-state index contributed by atoms with van der Waals surface area (Å²) in [7, 11) is 0. The van der Waals surface area contributed by atoms with Crippen LogP contribution < -0.4 is 5.32 Å². The highest BCUT2D eigenvalue weighted by atomic mass is 19.1. The summed E-state index contributed by atoms with van der Waals surface area (Å²) >= 11 is 0. The van der Waals surface area contributed by atoms with E-state index in [2.05, 4.69) is 25.5 Å². The highest BCUT2D eigenvalue weighted by molar-refractivity contribution is 5.92. The number of aliphatic hydroxyl groups is 2. The van der Waals surface area contributed by atoms with E-state index in [1.807, 2.05) is 0 Å². The third kappa shape index (κ3) is 3.55. The van der Waals surface area contributed by atoms with Crippen molar-refractivity contribution in [3.63, 3.8) is 0 Å². The first-order valence-electron chi connectivity index (χ1n) is 10.6. The molecule has 1 aromatic carbocycles. The molecule has 5 rings (SSSR count). The summed E-state index contributed by atoms with van der Waals surface area (Å²) in [6, 6.07) is 5.38. The van der Waals surface area contributed by atoms with E-state index in [4.69, 9.17) is 5.11 Å². The number of carbonyl (C=O) groups is 1. The van der Waals surface area contributed by atoms with Crippen molar-refractivity contribution in [1.82, 2.24) is 25.5 Å². The molecule has 33 heavy (non-hydrogen) atoms. The van der Waals surface area contributed by atoms with Crippen LogP contribution in [0.3, 0.4) is 0 Å². The highest BCUT2D eigenvalue weighted by Crippen LogP contribution is 2.59. The second-order valence-corrected chi connectivity index (χ2v) is 8.49. The number of halogens is 2. The van der Waals surface area contributed by atoms with Gasteiger partial charge in [-0.3, -0.25) is 9.78 Å². The first-order valence-corrected chi connectivity index (χ1v) is 10.6. The van der Waals surface area contributed by atoms with Gasteiger partial charge in [0.25, 0.3) is 5.91 Å². The predicted octanol–water partition coefficient (Wildman–Crippen LogP) is 1.86. The van der Waals surface area contributed by atoms with Gasteiger partial charge in [0.1, 0.15) is 17.3 Å². The monoisotopic (exact) mass is 453 g/mol. The summed E-state index contributed by atoms with van der Waals surface area (Å²) in [5.41, 5.74) is 1.62. The number of benzene rings is 1. The number of rotatable bonds is 6. The SMILES string of the molecule is O=C(NC[C@H](O)CO)c1cncc([C@]23CC[C@H](C2)c2cc(-c4c(F)cccc4F)nnc23)n1. The minimum Gasteiger partial charge on any atom is -0.394 e. The molecule has 2 aliphatic rings. The van der Waals surface area contributed by atoms with Crippen molar-refractivity contribution in [2.75, 3.05) is 13.2 Å². The van der Waals surface area contributed by atoms with Gasteiger partial charge >= 0.3 is 0 Å². The lowest BCUT2D eigenvalue weighted by Crippen LogP contribution is -2.35. The van der Waals surface area contributed by atoms with E-state index in [1.165, 1.54) is 24.4 Å². The fraction of sp³-hybridized carbons (Fsp3) is 0.348. The fourth-order valence-electron chi connectivity index (χ4n) is 4.91. The van der Waals surface area contributed by atoms with E-state index in [9.17, 15) is 18.7 Å². The van der Waals surface area contributed by atoms with Crippen LogP contribution in [0.2, 0.25) is 0 Å². The van der Waals surface area contributed by atoms with Gasteiger partial charge in [-0.15, -0.1) is 5.10 Å². The lowest BCUT2D eigenvalue weighted by atomic mass is 9.80. The Bertz CT molecular complexity index is 1220. The third-order valence-corrected chi connectivity index (χ3v) is 6.52. The molecule has 0 radical (unpaired) electrons. The van der Waals surface area contributed by atoms with Crippen LogP contribution in [0.15, 0.2) is 36.7 Å². The van der Waals surface area contributed by atoms with Crippen LogP contribution in [0.1, 0.15) is 52.6 Å². The minimum atomic E-state index is -1.07. The van der Waals surface area contributed by atoms with Gasteiger partial charge in [-0.05, 0) is 48.9 Å². The molecule has 0 aliphatic heterocycles. The summed E-state index contributed by atoms with van der Waals surface area (Å²) in [5, 5.41) is 29.4. The van der Waals surface area contributed by atoms with Crippen LogP contribution >= 0.6 is 0 Å². The van der Waals surface area contributed by atoms with E-state index >= 15 is 0 Å². The van der Waals surface area contributed by atoms with E-state index in [0.717, 1.165) is 18.4 Å². The number of hydrogen-bond donors (Lipinski definition) is 3. The zero-order valence-corrected chi connectivity index (χ0v) is 17.5. The maximum atomic E-state index is 14.3. The van der Waals surface area contributed by atoms with Crippen LogP contribution in [-0.4, -0.2) is 55.5 Å². The average Bonchev–Trinajstić information content (AvgIpc) is 3.41. The van der Waals surface area contributed by atoms with Gasteiger partial charge in [-0.2, -0.15) is 5.10 Å². The molecule has 1 saturated carbocycles. The number of fused-ring (bicyclic) bond motifs is 5. The molecule has 3 atom stereocenters. The smallest absolute Gasteiger partial charge is 0.271 e. The number of aromatic nitrogens is 4. The van der Waals surface area contributed by atoms with E-state index in [-0.39, 0.29) is 29.4 Å². The maximum absolute atomic E-state index is 14.3. The van der Waals surface area contributed by atoms with E-state index in [1.54, 1.807) is 12.3 Å². The Labute approximate surface area is 187 Å². The number of aliphatic hydroxyl groups excluding tert-OH is 2. The fourth-order valence-corrected chi connectivity index (χ4v) is 4.91. The number of carbonyl (C=O) groups excluding carboxylic acids is 1. The lowest BCUT2D eigenvalue weighted by Gasteiger charge is -2.26. The summed E-state index contributed by atoms with van der Waals surface area (Å²) in [5.74, 6) is -1.77. The number of amides is 1. The molecule has 2 heterocycles. The van der Waals surface area contributed by atoms with Crippen molar-refractivity contribution in [1.29, 1.82) is 0 Å². The van der Waals surface area contributed by atoms with Crippen LogP contribution in [-0.2, 0) is 5.41 Å². The maximum Gasteiger partial charge on any atom is 0.271 e. The average molecular weight is 453 g/mol. The van der Waals surface area contributed by atoms with Crippen LogP contribution in [0.25, 0.3) is 11.3 Å². The highest BCUT2D eigenvalue weighted by Gasteiger charge is 2.53. The molecule has 1 fully saturated rings. The Morgan fingerprint density at radius 2 is 2.03 bits per heavy atom. The number of nitrogens with one attached hydrogen (secondary N) is 1. The van der Waals surface area contributed by atoms with Gasteiger partial charge < -0.3 is 15.5 Å². The second-order valence-electron chi connectivity index (χ2n) is 8.49. The van der Waals surface area contributed by atoms with Gasteiger partial charge in [0, 0.05) is 12.7 Å². The molecule has 1 amide bonds. The van der Waals surface area contributed by atoms with Crippen molar-refractivity contribution in [2.45, 2.75) is 36.7 Å². The van der Waals surface area contributed by atoms with Gasteiger partial charge in [-0.1, -0.05) is 6.07 Å². The first-order chi connectivity index (χ1) is 15.9. The second kappa shape index (κ2) is 8.20. The molecule has 2 aromatic heterocycles. The van der Waals surface area contributed by atoms with Gasteiger partial charge in [-0.25, -0.2) is 13.8 Å². The Hall–Kier alpha value is -3.37. The van der Waals surface area contributed by atoms with Crippen LogP contribution in [0, 0.1) is 11.6 Å². The van der Waals surface area contributed by atoms with Crippen molar-refractivity contribution in [2.24, 2.45) is 0 Å². The molecular weight excluding hydrogens is 432 g/mol. The molecule has 170 valence electrons. The Balaban J connectivity index is 1.49. The summed E-state index contributed by atoms with van der Waals surface area (Å²) in [6.07, 6.45) is 4.16. The normalized spacial score (nSPS) is 21.6. The Morgan fingerprint density at radius 3 is 2.79 bits per heavy atom. The number of nitrogens with zero attached hydrogens (tertiary/aromatic N) is 4. The van der Waals surface area contributed by atoms with Crippen molar-refractivity contribution < 1.29 is 23.8 Å². The predicted molar refractivity (Wildman–Crippen MR) is 112 cm³/mol. The largest absolute Gasteiger partial charge is 0.394 e. The lowest BCUT2D eigenvalue weighted by molar-refractivity contribution is 0.0798. The van der Waals surface area contributed by atoms with Gasteiger partial charge in [0.05, 0.1) is 47.0 Å². The molecule has 10 heteroatoms.